The second-order valence-electron chi connectivity index (χ2n) is 6.44. The number of benzene rings is 2. The first-order valence-corrected chi connectivity index (χ1v) is 9.10. The van der Waals surface area contributed by atoms with Gasteiger partial charge in [-0.25, -0.2) is 0 Å². The van der Waals surface area contributed by atoms with Gasteiger partial charge in [0, 0.05) is 6.07 Å². The van der Waals surface area contributed by atoms with Gasteiger partial charge in [0.25, 0.3) is 11.1 Å². The van der Waals surface area contributed by atoms with Crippen LogP contribution >= 0.6 is 11.3 Å². The van der Waals surface area contributed by atoms with Crippen LogP contribution in [0.5, 0.6) is 0 Å². The summed E-state index contributed by atoms with van der Waals surface area (Å²) in [6, 6.07) is 17.0. The fourth-order valence-corrected chi connectivity index (χ4v) is 5.12. The number of thiazole rings is 1. The second-order valence-corrected chi connectivity index (χ2v) is 7.47. The van der Waals surface area contributed by atoms with Gasteiger partial charge in [0.1, 0.15) is 10.7 Å². The predicted molar refractivity (Wildman–Crippen MR) is 103 cm³/mol. The Labute approximate surface area is 150 Å². The first-order valence-electron chi connectivity index (χ1n) is 8.28. The van der Waals surface area contributed by atoms with E-state index in [0.717, 1.165) is 31.7 Å². The van der Waals surface area contributed by atoms with Crippen molar-refractivity contribution in [2.75, 3.05) is 0 Å². The van der Waals surface area contributed by atoms with E-state index in [4.69, 9.17) is 0 Å². The summed E-state index contributed by atoms with van der Waals surface area (Å²) in [5, 5.41) is 0.603. The molecule has 1 aliphatic heterocycles. The number of rotatable bonds is 0. The quantitative estimate of drug-likeness (QED) is 0.419. The van der Waals surface area contributed by atoms with Crippen molar-refractivity contribution >= 4 is 37.3 Å². The van der Waals surface area contributed by atoms with E-state index in [2.05, 4.69) is 4.98 Å². The molecule has 3 aromatic heterocycles. The van der Waals surface area contributed by atoms with Gasteiger partial charge in [-0.1, -0.05) is 24.3 Å². The van der Waals surface area contributed by atoms with Crippen LogP contribution in [0.2, 0.25) is 0 Å². The molecule has 5 nitrogen and oxygen atoms in total. The molecule has 0 saturated carbocycles. The van der Waals surface area contributed by atoms with Crippen LogP contribution in [-0.4, -0.2) is 14.0 Å². The number of hydrogen-bond donors (Lipinski definition) is 0. The van der Waals surface area contributed by atoms with Crippen molar-refractivity contribution in [3.63, 3.8) is 0 Å². The molecule has 0 bridgehead atoms. The van der Waals surface area contributed by atoms with E-state index in [0.29, 0.717) is 17.8 Å². The minimum atomic E-state index is -0.231. The van der Waals surface area contributed by atoms with Crippen LogP contribution in [0.25, 0.3) is 37.3 Å². The molecule has 5 aromatic rings. The summed E-state index contributed by atoms with van der Waals surface area (Å²) < 4.78 is 4.81. The Balaban J connectivity index is 1.84. The van der Waals surface area contributed by atoms with E-state index in [9.17, 15) is 9.59 Å². The lowest BCUT2D eigenvalue weighted by molar-refractivity contribution is 0.852. The molecule has 6 heteroatoms. The summed E-state index contributed by atoms with van der Waals surface area (Å²) in [5.74, 6) is 0.646. The van der Waals surface area contributed by atoms with Crippen molar-refractivity contribution in [2.24, 2.45) is 0 Å². The van der Waals surface area contributed by atoms with Crippen LogP contribution in [-0.2, 0) is 6.54 Å². The Morgan fingerprint density at radius 1 is 0.962 bits per heavy atom. The average molecular weight is 357 g/mol. The molecule has 0 aliphatic carbocycles. The summed E-state index contributed by atoms with van der Waals surface area (Å²) in [4.78, 5) is 30.5. The Kier molecular flexibility index (Phi) is 2.51. The molecule has 0 fully saturated rings. The largest absolute Gasteiger partial charge is 0.320 e. The van der Waals surface area contributed by atoms with Crippen molar-refractivity contribution in [2.45, 2.75) is 6.54 Å². The van der Waals surface area contributed by atoms with Gasteiger partial charge < -0.3 is 4.57 Å². The number of aromatic nitrogens is 3. The lowest BCUT2D eigenvalue weighted by Crippen LogP contribution is -2.13. The maximum Gasteiger partial charge on any atom is 0.281 e. The molecule has 2 aromatic carbocycles. The van der Waals surface area contributed by atoms with Gasteiger partial charge in [-0.05, 0) is 29.8 Å². The summed E-state index contributed by atoms with van der Waals surface area (Å²) in [6.07, 6.45) is 0. The first kappa shape index (κ1) is 14.0. The van der Waals surface area contributed by atoms with E-state index >= 15 is 0 Å². The van der Waals surface area contributed by atoms with Crippen molar-refractivity contribution in [3.05, 3.63) is 80.9 Å². The van der Waals surface area contributed by atoms with E-state index in [1.165, 1.54) is 0 Å². The molecular formula is C20H11N3O2S. The van der Waals surface area contributed by atoms with Crippen LogP contribution in [0, 0.1) is 0 Å². The van der Waals surface area contributed by atoms with Gasteiger partial charge in [0.05, 0.1) is 33.2 Å². The lowest BCUT2D eigenvalue weighted by Gasteiger charge is -2.07. The van der Waals surface area contributed by atoms with Crippen molar-refractivity contribution in [1.82, 2.24) is 14.0 Å². The van der Waals surface area contributed by atoms with E-state index in [1.807, 2.05) is 47.0 Å². The normalized spacial score (nSPS) is 12.8. The molecule has 0 radical (unpaired) electrons. The maximum atomic E-state index is 12.8. The summed E-state index contributed by atoms with van der Waals surface area (Å²) in [6.45, 7) is 0.554. The highest BCUT2D eigenvalue weighted by Gasteiger charge is 2.27. The van der Waals surface area contributed by atoms with E-state index in [1.54, 1.807) is 27.9 Å². The summed E-state index contributed by atoms with van der Waals surface area (Å²) >= 11 is 1.56. The smallest absolute Gasteiger partial charge is 0.281 e. The van der Waals surface area contributed by atoms with E-state index < -0.39 is 0 Å². The van der Waals surface area contributed by atoms with Gasteiger partial charge in [-0.3, -0.25) is 14.0 Å². The second kappa shape index (κ2) is 4.68. The van der Waals surface area contributed by atoms with Crippen molar-refractivity contribution in [1.29, 1.82) is 0 Å². The summed E-state index contributed by atoms with van der Waals surface area (Å²) in [7, 11) is 0. The number of pyridine rings is 1. The van der Waals surface area contributed by atoms with Crippen LogP contribution in [0.4, 0.5) is 0 Å². The number of hydrogen-bond acceptors (Lipinski definition) is 4. The fourth-order valence-electron chi connectivity index (χ4n) is 3.90. The predicted octanol–water partition coefficient (Wildman–Crippen LogP) is 3.25. The standard InChI is InChI=1S/C20H11N3O2S/c24-16-9-11-10-22-13-6-2-1-5-12(13)19(25)21-18(22)17(11)20-23(16)14-7-3-4-8-15(14)26-20/h1-9H,10H2. The Morgan fingerprint density at radius 2 is 1.73 bits per heavy atom. The highest BCUT2D eigenvalue weighted by atomic mass is 32.1. The highest BCUT2D eigenvalue weighted by molar-refractivity contribution is 7.24. The zero-order chi connectivity index (χ0) is 17.4. The molecule has 6 rings (SSSR count). The van der Waals surface area contributed by atoms with Crippen LogP contribution < -0.4 is 11.1 Å². The third-order valence-corrected chi connectivity index (χ3v) is 6.15. The molecule has 1 aliphatic rings. The van der Waals surface area contributed by atoms with Gasteiger partial charge in [-0.2, -0.15) is 4.98 Å². The minimum Gasteiger partial charge on any atom is -0.320 e. The molecule has 0 saturated heterocycles. The van der Waals surface area contributed by atoms with Gasteiger partial charge in [0.2, 0.25) is 0 Å². The molecule has 26 heavy (non-hydrogen) atoms. The maximum absolute atomic E-state index is 12.8. The zero-order valence-electron chi connectivity index (χ0n) is 13.5. The third-order valence-electron chi connectivity index (χ3n) is 5.01. The monoisotopic (exact) mass is 357 g/mol. The highest BCUT2D eigenvalue weighted by Crippen LogP contribution is 2.38. The fraction of sp³-hybridized carbons (Fsp3) is 0.0500. The molecule has 0 unspecified atom stereocenters. The van der Waals surface area contributed by atoms with Crippen LogP contribution in [0.15, 0.2) is 64.2 Å². The third kappa shape index (κ3) is 1.62. The molecule has 124 valence electrons. The Bertz CT molecular complexity index is 1510. The molecule has 0 atom stereocenters. The summed E-state index contributed by atoms with van der Waals surface area (Å²) in [5.41, 5.74) is 3.28. The molecule has 0 amide bonds. The topological polar surface area (TPSA) is 56.4 Å². The van der Waals surface area contributed by atoms with Crippen molar-refractivity contribution < 1.29 is 0 Å². The number of fused-ring (bicyclic) bond motifs is 9. The number of para-hydroxylation sites is 2. The molecule has 0 N–H and O–H groups in total. The average Bonchev–Trinajstić information content (AvgIpc) is 3.20. The zero-order valence-corrected chi connectivity index (χ0v) is 14.3. The SMILES string of the molecule is O=c1nc2n(c3ccccc13)Cc1cc(=O)n3c(sc4ccccc43)c1-2. The molecule has 4 heterocycles. The van der Waals surface area contributed by atoms with Crippen LogP contribution in [0.3, 0.4) is 0 Å². The number of nitrogens with zero attached hydrogens (tertiary/aromatic N) is 3. The Morgan fingerprint density at radius 3 is 2.62 bits per heavy atom. The molecular weight excluding hydrogens is 346 g/mol. The Hall–Kier alpha value is -3.25. The van der Waals surface area contributed by atoms with Gasteiger partial charge >= 0.3 is 0 Å². The van der Waals surface area contributed by atoms with Crippen LogP contribution in [0.1, 0.15) is 5.56 Å². The van der Waals surface area contributed by atoms with Gasteiger partial charge in [0.15, 0.2) is 0 Å². The van der Waals surface area contributed by atoms with Gasteiger partial charge in [-0.15, -0.1) is 11.3 Å². The van der Waals surface area contributed by atoms with E-state index in [-0.39, 0.29) is 11.1 Å². The lowest BCUT2D eigenvalue weighted by atomic mass is 10.1. The molecule has 0 spiro atoms. The van der Waals surface area contributed by atoms with Crippen molar-refractivity contribution in [3.8, 4) is 11.4 Å². The minimum absolute atomic E-state index is 0.0451. The first-order chi connectivity index (χ1) is 12.7.